The molecule has 1 aromatic rings. The van der Waals surface area contributed by atoms with Crippen molar-refractivity contribution < 1.29 is 4.79 Å². The maximum Gasteiger partial charge on any atom is 0.252 e. The Hall–Kier alpha value is -1.51. The maximum atomic E-state index is 11.3. The highest BCUT2D eigenvalue weighted by molar-refractivity contribution is 5.95. The Morgan fingerprint density at radius 2 is 2.46 bits per heavy atom. The predicted octanol–water partition coefficient (Wildman–Crippen LogP) is 1.49. The third kappa shape index (κ3) is 2.21. The summed E-state index contributed by atoms with van der Waals surface area (Å²) in [6.07, 6.45) is 6.53. The zero-order chi connectivity index (χ0) is 9.68. The molecule has 70 valence electrons. The molecule has 2 N–H and O–H groups in total. The molecule has 0 aliphatic heterocycles. The zero-order valence-corrected chi connectivity index (χ0v) is 7.92. The normalized spacial score (nSPS) is 10.6. The minimum absolute atomic E-state index is 0.0410. The standard InChI is InChI=1S/C10H14N2O/c1-3-4-5-9-8(6-7-12-9)10(13)11-2/h3-4,6-7,12H,5H2,1-2H3,(H,11,13). The van der Waals surface area contributed by atoms with Crippen LogP contribution in [0.1, 0.15) is 23.0 Å². The van der Waals surface area contributed by atoms with Crippen LogP contribution in [0.3, 0.4) is 0 Å². The molecule has 0 atom stereocenters. The molecule has 3 heteroatoms. The van der Waals surface area contributed by atoms with Gasteiger partial charge in [0.15, 0.2) is 0 Å². The van der Waals surface area contributed by atoms with E-state index in [0.717, 1.165) is 17.7 Å². The highest BCUT2D eigenvalue weighted by Gasteiger charge is 2.08. The van der Waals surface area contributed by atoms with Gasteiger partial charge in [-0.25, -0.2) is 0 Å². The number of hydrogen-bond donors (Lipinski definition) is 2. The van der Waals surface area contributed by atoms with Crippen molar-refractivity contribution in [3.05, 3.63) is 35.7 Å². The van der Waals surface area contributed by atoms with Crippen LogP contribution < -0.4 is 5.32 Å². The van der Waals surface area contributed by atoms with Gasteiger partial charge < -0.3 is 10.3 Å². The van der Waals surface area contributed by atoms with Gasteiger partial charge in [-0.05, 0) is 13.0 Å². The van der Waals surface area contributed by atoms with Crippen molar-refractivity contribution in [3.63, 3.8) is 0 Å². The Morgan fingerprint density at radius 3 is 3.08 bits per heavy atom. The van der Waals surface area contributed by atoms with Crippen LogP contribution in [-0.2, 0) is 6.42 Å². The Morgan fingerprint density at radius 1 is 1.69 bits per heavy atom. The van der Waals surface area contributed by atoms with Gasteiger partial charge in [0.05, 0.1) is 5.56 Å². The number of hydrogen-bond acceptors (Lipinski definition) is 1. The van der Waals surface area contributed by atoms with Crippen LogP contribution >= 0.6 is 0 Å². The third-order valence-electron chi connectivity index (χ3n) is 1.86. The second kappa shape index (κ2) is 4.50. The topological polar surface area (TPSA) is 44.9 Å². The first kappa shape index (κ1) is 9.58. The summed E-state index contributed by atoms with van der Waals surface area (Å²) < 4.78 is 0. The van der Waals surface area contributed by atoms with Crippen LogP contribution in [0.2, 0.25) is 0 Å². The molecule has 0 saturated heterocycles. The number of carbonyl (C=O) groups excluding carboxylic acids is 1. The van der Waals surface area contributed by atoms with Crippen LogP contribution in [0, 0.1) is 0 Å². The first-order valence-electron chi connectivity index (χ1n) is 4.29. The van der Waals surface area contributed by atoms with E-state index in [1.807, 2.05) is 19.1 Å². The number of amides is 1. The molecule has 0 radical (unpaired) electrons. The van der Waals surface area contributed by atoms with Gasteiger partial charge in [-0.2, -0.15) is 0 Å². The average Bonchev–Trinajstić information content (AvgIpc) is 2.61. The molecule has 13 heavy (non-hydrogen) atoms. The van der Waals surface area contributed by atoms with Gasteiger partial charge in [0.25, 0.3) is 5.91 Å². The Balaban J connectivity index is 2.82. The fourth-order valence-corrected chi connectivity index (χ4v) is 1.16. The highest BCUT2D eigenvalue weighted by Crippen LogP contribution is 2.07. The van der Waals surface area contributed by atoms with Crippen LogP contribution in [0.5, 0.6) is 0 Å². The summed E-state index contributed by atoms with van der Waals surface area (Å²) in [5.41, 5.74) is 1.68. The van der Waals surface area contributed by atoms with Gasteiger partial charge in [-0.15, -0.1) is 0 Å². The van der Waals surface area contributed by atoms with Crippen molar-refractivity contribution in [2.24, 2.45) is 0 Å². The lowest BCUT2D eigenvalue weighted by atomic mass is 10.2. The third-order valence-corrected chi connectivity index (χ3v) is 1.86. The van der Waals surface area contributed by atoms with E-state index in [0.29, 0.717) is 0 Å². The number of allylic oxidation sites excluding steroid dienone is 2. The maximum absolute atomic E-state index is 11.3. The van der Waals surface area contributed by atoms with Crippen molar-refractivity contribution in [1.29, 1.82) is 0 Å². The zero-order valence-electron chi connectivity index (χ0n) is 7.92. The van der Waals surface area contributed by atoms with E-state index in [-0.39, 0.29) is 5.91 Å². The minimum atomic E-state index is -0.0410. The van der Waals surface area contributed by atoms with Crippen LogP contribution in [0.15, 0.2) is 24.4 Å². The molecule has 1 heterocycles. The number of H-pyrrole nitrogens is 1. The van der Waals surface area contributed by atoms with E-state index in [2.05, 4.69) is 10.3 Å². The molecule has 0 aliphatic carbocycles. The minimum Gasteiger partial charge on any atom is -0.364 e. The first-order chi connectivity index (χ1) is 6.29. The lowest BCUT2D eigenvalue weighted by molar-refractivity contribution is 0.0962. The lowest BCUT2D eigenvalue weighted by Crippen LogP contribution is -2.18. The van der Waals surface area contributed by atoms with Gasteiger partial charge in [-0.3, -0.25) is 4.79 Å². The monoisotopic (exact) mass is 178 g/mol. The predicted molar refractivity (Wildman–Crippen MR) is 52.7 cm³/mol. The number of nitrogens with one attached hydrogen (secondary N) is 2. The molecule has 3 nitrogen and oxygen atoms in total. The van der Waals surface area contributed by atoms with Crippen LogP contribution in [0.4, 0.5) is 0 Å². The number of carbonyl (C=O) groups is 1. The van der Waals surface area contributed by atoms with Crippen LogP contribution in [0.25, 0.3) is 0 Å². The fourth-order valence-electron chi connectivity index (χ4n) is 1.16. The highest BCUT2D eigenvalue weighted by atomic mass is 16.1. The quantitative estimate of drug-likeness (QED) is 0.677. The lowest BCUT2D eigenvalue weighted by Gasteiger charge is -1.99. The van der Waals surface area contributed by atoms with Crippen LogP contribution in [-0.4, -0.2) is 17.9 Å². The Bertz CT molecular complexity index is 312. The van der Waals surface area contributed by atoms with Crippen molar-refractivity contribution in [2.75, 3.05) is 7.05 Å². The second-order valence-corrected chi connectivity index (χ2v) is 2.72. The fraction of sp³-hybridized carbons (Fsp3) is 0.300. The molecule has 1 amide bonds. The first-order valence-corrected chi connectivity index (χ1v) is 4.29. The molecule has 0 unspecified atom stereocenters. The van der Waals surface area contributed by atoms with E-state index in [1.54, 1.807) is 19.3 Å². The number of aromatic nitrogens is 1. The summed E-state index contributed by atoms with van der Waals surface area (Å²) in [4.78, 5) is 14.3. The van der Waals surface area contributed by atoms with E-state index < -0.39 is 0 Å². The molecule has 0 spiro atoms. The second-order valence-electron chi connectivity index (χ2n) is 2.72. The van der Waals surface area contributed by atoms with Crippen molar-refractivity contribution in [1.82, 2.24) is 10.3 Å². The smallest absolute Gasteiger partial charge is 0.252 e. The molecule has 0 aromatic carbocycles. The van der Waals surface area contributed by atoms with Crippen molar-refractivity contribution in [2.45, 2.75) is 13.3 Å². The summed E-state index contributed by atoms with van der Waals surface area (Å²) in [6.45, 7) is 1.96. The summed E-state index contributed by atoms with van der Waals surface area (Å²) >= 11 is 0. The van der Waals surface area contributed by atoms with E-state index >= 15 is 0 Å². The molecular weight excluding hydrogens is 164 g/mol. The molecule has 0 aliphatic rings. The molecule has 1 rings (SSSR count). The Labute approximate surface area is 77.9 Å². The molecule has 0 bridgehead atoms. The SMILES string of the molecule is CC=CCc1[nH]ccc1C(=O)NC. The van der Waals surface area contributed by atoms with E-state index in [9.17, 15) is 4.79 Å². The average molecular weight is 178 g/mol. The Kier molecular flexibility index (Phi) is 3.31. The van der Waals surface area contributed by atoms with Crippen molar-refractivity contribution >= 4 is 5.91 Å². The summed E-state index contributed by atoms with van der Waals surface area (Å²) in [5.74, 6) is -0.0410. The molecule has 0 fully saturated rings. The largest absolute Gasteiger partial charge is 0.364 e. The molecular formula is C10H14N2O. The molecule has 1 aromatic heterocycles. The number of rotatable bonds is 3. The van der Waals surface area contributed by atoms with Gasteiger partial charge in [0, 0.05) is 25.4 Å². The summed E-state index contributed by atoms with van der Waals surface area (Å²) in [7, 11) is 1.63. The summed E-state index contributed by atoms with van der Waals surface area (Å²) in [6, 6.07) is 1.79. The molecule has 0 saturated carbocycles. The summed E-state index contributed by atoms with van der Waals surface area (Å²) in [5, 5.41) is 2.60. The van der Waals surface area contributed by atoms with E-state index in [1.165, 1.54) is 0 Å². The van der Waals surface area contributed by atoms with Crippen molar-refractivity contribution in [3.8, 4) is 0 Å². The van der Waals surface area contributed by atoms with Gasteiger partial charge in [0.1, 0.15) is 0 Å². The van der Waals surface area contributed by atoms with Gasteiger partial charge in [0.2, 0.25) is 0 Å². The van der Waals surface area contributed by atoms with Gasteiger partial charge >= 0.3 is 0 Å². The van der Waals surface area contributed by atoms with Gasteiger partial charge in [-0.1, -0.05) is 12.2 Å². The van der Waals surface area contributed by atoms with E-state index in [4.69, 9.17) is 0 Å². The number of aromatic amines is 1.